The summed E-state index contributed by atoms with van der Waals surface area (Å²) in [5.41, 5.74) is 0.160. The van der Waals surface area contributed by atoms with Gasteiger partial charge in [0.2, 0.25) is 0 Å². The van der Waals surface area contributed by atoms with Crippen LogP contribution in [0, 0.1) is 46.3 Å². The monoisotopic (exact) mass is 430 g/mol. The summed E-state index contributed by atoms with van der Waals surface area (Å²) in [6, 6.07) is 0. The Morgan fingerprint density at radius 3 is 2.32 bits per heavy atom. The van der Waals surface area contributed by atoms with Crippen LogP contribution in [0.25, 0.3) is 0 Å². The normalized spacial score (nSPS) is 49.4. The van der Waals surface area contributed by atoms with Crippen LogP contribution in [0.3, 0.4) is 0 Å². The largest absolute Gasteiger partial charge is 0.393 e. The highest BCUT2D eigenvalue weighted by Crippen LogP contribution is 2.67. The minimum Gasteiger partial charge on any atom is -0.393 e. The van der Waals surface area contributed by atoms with Gasteiger partial charge in [0, 0.05) is 11.8 Å². The Bertz CT molecular complexity index is 741. The van der Waals surface area contributed by atoms with E-state index in [0.29, 0.717) is 41.9 Å². The molecule has 0 bridgehead atoms. The molecule has 4 rings (SSSR count). The van der Waals surface area contributed by atoms with Crippen molar-refractivity contribution in [3.8, 4) is 0 Å². The maximum atomic E-state index is 11.6. The molecule has 0 saturated heterocycles. The van der Waals surface area contributed by atoms with Crippen molar-refractivity contribution in [2.75, 3.05) is 0 Å². The standard InChI is InChI=1S/C28H46O3/c1-17(2)18(3)7-8-19(4)22-9-10-23-21-15-25(30)28(31)16-20(29)11-14-27(28,6)24(21)12-13-26(22,23)5/h7-8,15,17-20,22-25,29-31H,9-14,16H2,1-6H3/b8-7+/t18-,19+,20?,22?,23?,24?,25-,26?,27?,28-/m0/s1. The summed E-state index contributed by atoms with van der Waals surface area (Å²) in [4.78, 5) is 0. The molecule has 0 aromatic carbocycles. The van der Waals surface area contributed by atoms with Crippen LogP contribution >= 0.6 is 0 Å². The zero-order valence-electron chi connectivity index (χ0n) is 20.6. The number of allylic oxidation sites excluding steroid dienone is 3. The average molecular weight is 431 g/mol. The van der Waals surface area contributed by atoms with E-state index in [1.807, 2.05) is 6.08 Å². The molecule has 0 aromatic rings. The van der Waals surface area contributed by atoms with E-state index in [1.165, 1.54) is 24.8 Å². The highest BCUT2D eigenvalue weighted by atomic mass is 16.3. The third kappa shape index (κ3) is 3.49. The molecule has 3 nitrogen and oxygen atoms in total. The number of aliphatic hydroxyl groups excluding tert-OH is 2. The maximum absolute atomic E-state index is 11.6. The van der Waals surface area contributed by atoms with E-state index in [0.717, 1.165) is 19.3 Å². The molecule has 176 valence electrons. The summed E-state index contributed by atoms with van der Waals surface area (Å²) < 4.78 is 0. The Kier molecular flexibility index (Phi) is 6.06. The summed E-state index contributed by atoms with van der Waals surface area (Å²) >= 11 is 0. The SMILES string of the molecule is CC(C)[C@@H](C)/C=C/[C@@H](C)C1CCC2C3=C[C@H](O)[C@@]4(O)CC(O)CCC4(C)C3CCC21C. The van der Waals surface area contributed by atoms with E-state index in [-0.39, 0.29) is 10.8 Å². The molecule has 0 radical (unpaired) electrons. The lowest BCUT2D eigenvalue weighted by molar-refractivity contribution is -0.210. The smallest absolute Gasteiger partial charge is 0.102 e. The highest BCUT2D eigenvalue weighted by molar-refractivity contribution is 5.33. The van der Waals surface area contributed by atoms with Crippen molar-refractivity contribution in [1.82, 2.24) is 0 Å². The Balaban J connectivity index is 1.61. The van der Waals surface area contributed by atoms with E-state index >= 15 is 0 Å². The number of fused-ring (bicyclic) bond motifs is 5. The lowest BCUT2D eigenvalue weighted by Crippen LogP contribution is -2.65. The third-order valence-electron chi connectivity index (χ3n) is 10.7. The molecule has 31 heavy (non-hydrogen) atoms. The predicted molar refractivity (Wildman–Crippen MR) is 126 cm³/mol. The second kappa shape index (κ2) is 7.99. The Morgan fingerprint density at radius 2 is 1.65 bits per heavy atom. The van der Waals surface area contributed by atoms with Crippen LogP contribution in [0.5, 0.6) is 0 Å². The molecule has 4 aliphatic rings. The van der Waals surface area contributed by atoms with Crippen LogP contribution < -0.4 is 0 Å². The molecular formula is C28H46O3. The minimum absolute atomic E-state index is 0.271. The number of hydrogen-bond donors (Lipinski definition) is 3. The van der Waals surface area contributed by atoms with Gasteiger partial charge in [-0.25, -0.2) is 0 Å². The summed E-state index contributed by atoms with van der Waals surface area (Å²) in [5.74, 6) is 3.37. The Hall–Kier alpha value is -0.640. The van der Waals surface area contributed by atoms with E-state index in [9.17, 15) is 15.3 Å². The number of aliphatic hydroxyl groups is 3. The summed E-state index contributed by atoms with van der Waals surface area (Å²) in [6.45, 7) is 14.0. The van der Waals surface area contributed by atoms with Gasteiger partial charge < -0.3 is 15.3 Å². The van der Waals surface area contributed by atoms with Gasteiger partial charge in [-0.1, -0.05) is 65.3 Å². The fourth-order valence-electron chi connectivity index (χ4n) is 8.16. The molecule has 10 atom stereocenters. The van der Waals surface area contributed by atoms with Crippen molar-refractivity contribution < 1.29 is 15.3 Å². The fourth-order valence-corrected chi connectivity index (χ4v) is 8.16. The molecule has 3 fully saturated rings. The first-order chi connectivity index (χ1) is 14.4. The van der Waals surface area contributed by atoms with Crippen LogP contribution in [0.4, 0.5) is 0 Å². The minimum atomic E-state index is -1.20. The molecule has 0 heterocycles. The molecule has 3 N–H and O–H groups in total. The second-order valence-electron chi connectivity index (χ2n) is 12.5. The molecule has 6 unspecified atom stereocenters. The van der Waals surface area contributed by atoms with E-state index < -0.39 is 17.8 Å². The first-order valence-electron chi connectivity index (χ1n) is 12.9. The van der Waals surface area contributed by atoms with Gasteiger partial charge in [0.05, 0.1) is 6.10 Å². The average Bonchev–Trinajstić information content (AvgIpc) is 3.05. The molecule has 4 aliphatic carbocycles. The van der Waals surface area contributed by atoms with Gasteiger partial charge in [-0.3, -0.25) is 0 Å². The van der Waals surface area contributed by atoms with Gasteiger partial charge in [0.15, 0.2) is 0 Å². The summed E-state index contributed by atoms with van der Waals surface area (Å²) in [6.07, 6.45) is 12.1. The van der Waals surface area contributed by atoms with Crippen molar-refractivity contribution in [2.24, 2.45) is 46.3 Å². The van der Waals surface area contributed by atoms with Gasteiger partial charge in [0.25, 0.3) is 0 Å². The van der Waals surface area contributed by atoms with E-state index in [1.54, 1.807) is 0 Å². The van der Waals surface area contributed by atoms with Crippen molar-refractivity contribution in [1.29, 1.82) is 0 Å². The van der Waals surface area contributed by atoms with Gasteiger partial charge in [-0.2, -0.15) is 0 Å². The summed E-state index contributed by atoms with van der Waals surface area (Å²) in [5, 5.41) is 32.9. The molecule has 0 amide bonds. The Labute approximate surface area is 190 Å². The van der Waals surface area contributed by atoms with Crippen molar-refractivity contribution in [2.45, 2.75) is 104 Å². The topological polar surface area (TPSA) is 60.7 Å². The first-order valence-corrected chi connectivity index (χ1v) is 12.9. The van der Waals surface area contributed by atoms with Crippen LogP contribution in [-0.4, -0.2) is 33.1 Å². The van der Waals surface area contributed by atoms with Crippen molar-refractivity contribution in [3.05, 3.63) is 23.8 Å². The van der Waals surface area contributed by atoms with E-state index in [2.05, 4.69) is 53.7 Å². The fraction of sp³-hybridized carbons (Fsp3) is 0.857. The molecule has 3 saturated carbocycles. The maximum Gasteiger partial charge on any atom is 0.102 e. The van der Waals surface area contributed by atoms with Crippen molar-refractivity contribution in [3.63, 3.8) is 0 Å². The van der Waals surface area contributed by atoms with Gasteiger partial charge in [0.1, 0.15) is 11.7 Å². The lowest BCUT2D eigenvalue weighted by atomic mass is 9.45. The molecular weight excluding hydrogens is 384 g/mol. The van der Waals surface area contributed by atoms with Gasteiger partial charge >= 0.3 is 0 Å². The van der Waals surface area contributed by atoms with Gasteiger partial charge in [-0.15, -0.1) is 0 Å². The molecule has 0 spiro atoms. The first kappa shape index (κ1) is 23.5. The number of hydrogen-bond acceptors (Lipinski definition) is 3. The Morgan fingerprint density at radius 1 is 0.935 bits per heavy atom. The van der Waals surface area contributed by atoms with Crippen molar-refractivity contribution >= 4 is 0 Å². The van der Waals surface area contributed by atoms with E-state index in [4.69, 9.17) is 0 Å². The van der Waals surface area contributed by atoms with Crippen LogP contribution in [0.15, 0.2) is 23.8 Å². The number of rotatable bonds is 4. The molecule has 3 heteroatoms. The van der Waals surface area contributed by atoms with Crippen LogP contribution in [-0.2, 0) is 0 Å². The quantitative estimate of drug-likeness (QED) is 0.516. The zero-order valence-corrected chi connectivity index (χ0v) is 20.6. The zero-order chi connectivity index (χ0) is 22.8. The second-order valence-corrected chi connectivity index (χ2v) is 12.5. The summed E-state index contributed by atoms with van der Waals surface area (Å²) in [7, 11) is 0. The van der Waals surface area contributed by atoms with Crippen LogP contribution in [0.2, 0.25) is 0 Å². The highest BCUT2D eigenvalue weighted by Gasteiger charge is 2.64. The lowest BCUT2D eigenvalue weighted by Gasteiger charge is -2.62. The van der Waals surface area contributed by atoms with Crippen LogP contribution in [0.1, 0.15) is 86.5 Å². The molecule has 0 aliphatic heterocycles. The predicted octanol–water partition coefficient (Wildman–Crippen LogP) is 5.50. The van der Waals surface area contributed by atoms with Gasteiger partial charge in [-0.05, 0) is 79.4 Å². The third-order valence-corrected chi connectivity index (χ3v) is 10.7. The molecule has 0 aromatic heterocycles.